The van der Waals surface area contributed by atoms with Crippen LogP contribution in [0, 0.1) is 5.82 Å². The molecule has 2 aromatic rings. The Bertz CT molecular complexity index is 513. The lowest BCUT2D eigenvalue weighted by atomic mass is 10.3. The summed E-state index contributed by atoms with van der Waals surface area (Å²) in [5.74, 6) is 1.08. The van der Waals surface area contributed by atoms with Gasteiger partial charge in [-0.1, -0.05) is 15.9 Å². The SMILES string of the molecule is NCc1ccc(COc2ccc(Br)cc2F)o1. The average molecular weight is 300 g/mol. The molecule has 1 aromatic heterocycles. The van der Waals surface area contributed by atoms with Crippen LogP contribution in [0.3, 0.4) is 0 Å². The first-order chi connectivity index (χ1) is 8.19. The molecule has 0 atom stereocenters. The third-order valence-electron chi connectivity index (χ3n) is 2.18. The Balaban J connectivity index is 2.02. The second-order valence-electron chi connectivity index (χ2n) is 3.44. The number of hydrogen-bond donors (Lipinski definition) is 1. The molecule has 90 valence electrons. The van der Waals surface area contributed by atoms with Crippen molar-refractivity contribution in [1.82, 2.24) is 0 Å². The maximum absolute atomic E-state index is 13.4. The molecule has 1 aromatic carbocycles. The Morgan fingerprint density at radius 1 is 1.24 bits per heavy atom. The van der Waals surface area contributed by atoms with Crippen molar-refractivity contribution in [3.05, 3.63) is 52.1 Å². The molecule has 0 bridgehead atoms. The zero-order valence-corrected chi connectivity index (χ0v) is 10.5. The molecule has 0 unspecified atom stereocenters. The van der Waals surface area contributed by atoms with Crippen molar-refractivity contribution in [3.8, 4) is 5.75 Å². The molecule has 0 fully saturated rings. The first-order valence-electron chi connectivity index (χ1n) is 5.04. The van der Waals surface area contributed by atoms with Crippen LogP contribution in [-0.2, 0) is 13.2 Å². The highest BCUT2D eigenvalue weighted by atomic mass is 79.9. The quantitative estimate of drug-likeness (QED) is 0.943. The van der Waals surface area contributed by atoms with Gasteiger partial charge in [0.05, 0.1) is 6.54 Å². The first kappa shape index (κ1) is 12.1. The van der Waals surface area contributed by atoms with Crippen LogP contribution < -0.4 is 10.5 Å². The van der Waals surface area contributed by atoms with E-state index in [0.29, 0.717) is 22.5 Å². The van der Waals surface area contributed by atoms with E-state index in [0.717, 1.165) is 0 Å². The molecule has 0 saturated heterocycles. The molecule has 0 aliphatic rings. The predicted molar refractivity (Wildman–Crippen MR) is 65.0 cm³/mol. The fraction of sp³-hybridized carbons (Fsp3) is 0.167. The third-order valence-corrected chi connectivity index (χ3v) is 2.68. The van der Waals surface area contributed by atoms with E-state index in [-0.39, 0.29) is 12.4 Å². The van der Waals surface area contributed by atoms with Gasteiger partial charge in [-0.3, -0.25) is 0 Å². The van der Waals surface area contributed by atoms with Crippen molar-refractivity contribution in [3.63, 3.8) is 0 Å². The summed E-state index contributed by atoms with van der Waals surface area (Å²) in [6.07, 6.45) is 0. The summed E-state index contributed by atoms with van der Waals surface area (Å²) in [6, 6.07) is 8.16. The third kappa shape index (κ3) is 3.08. The van der Waals surface area contributed by atoms with Gasteiger partial charge in [0.2, 0.25) is 0 Å². The number of furan rings is 1. The Morgan fingerprint density at radius 2 is 2.00 bits per heavy atom. The number of hydrogen-bond acceptors (Lipinski definition) is 3. The second kappa shape index (κ2) is 5.33. The minimum Gasteiger partial charge on any atom is -0.483 e. The number of rotatable bonds is 4. The second-order valence-corrected chi connectivity index (χ2v) is 4.35. The van der Waals surface area contributed by atoms with Gasteiger partial charge in [-0.2, -0.15) is 0 Å². The number of ether oxygens (including phenoxy) is 1. The molecule has 17 heavy (non-hydrogen) atoms. The Labute approximate surface area is 106 Å². The monoisotopic (exact) mass is 299 g/mol. The van der Waals surface area contributed by atoms with Gasteiger partial charge in [0.1, 0.15) is 18.1 Å². The van der Waals surface area contributed by atoms with Gasteiger partial charge >= 0.3 is 0 Å². The molecule has 0 saturated carbocycles. The van der Waals surface area contributed by atoms with Crippen LogP contribution in [0.25, 0.3) is 0 Å². The van der Waals surface area contributed by atoms with E-state index < -0.39 is 5.82 Å². The van der Waals surface area contributed by atoms with Crippen LogP contribution in [-0.4, -0.2) is 0 Å². The summed E-state index contributed by atoms with van der Waals surface area (Å²) in [5.41, 5.74) is 5.41. The van der Waals surface area contributed by atoms with Crippen LogP contribution in [0.1, 0.15) is 11.5 Å². The highest BCUT2D eigenvalue weighted by Gasteiger charge is 2.06. The zero-order valence-electron chi connectivity index (χ0n) is 8.95. The Kier molecular flexibility index (Phi) is 3.81. The first-order valence-corrected chi connectivity index (χ1v) is 5.84. The molecule has 0 amide bonds. The van der Waals surface area contributed by atoms with Crippen LogP contribution in [0.15, 0.2) is 39.2 Å². The van der Waals surface area contributed by atoms with E-state index in [1.165, 1.54) is 6.07 Å². The Hall–Kier alpha value is -1.33. The molecule has 2 N–H and O–H groups in total. The largest absolute Gasteiger partial charge is 0.483 e. The molecule has 5 heteroatoms. The van der Waals surface area contributed by atoms with Gasteiger partial charge in [0, 0.05) is 4.47 Å². The van der Waals surface area contributed by atoms with Crippen LogP contribution >= 0.6 is 15.9 Å². The Morgan fingerprint density at radius 3 is 2.65 bits per heavy atom. The van der Waals surface area contributed by atoms with Crippen molar-refractivity contribution in [1.29, 1.82) is 0 Å². The minimum absolute atomic E-state index is 0.179. The molecule has 1 heterocycles. The van der Waals surface area contributed by atoms with Crippen LogP contribution in [0.4, 0.5) is 4.39 Å². The van der Waals surface area contributed by atoms with E-state index in [2.05, 4.69) is 15.9 Å². The smallest absolute Gasteiger partial charge is 0.166 e. The molecule has 0 radical (unpaired) electrons. The standard InChI is InChI=1S/C12H11BrFNO2/c13-8-1-4-12(11(14)5-8)16-7-10-3-2-9(6-15)17-10/h1-5H,6-7,15H2. The minimum atomic E-state index is -0.412. The highest BCUT2D eigenvalue weighted by molar-refractivity contribution is 9.10. The normalized spacial score (nSPS) is 10.5. The summed E-state index contributed by atoms with van der Waals surface area (Å²) in [4.78, 5) is 0. The van der Waals surface area contributed by atoms with E-state index in [9.17, 15) is 4.39 Å². The molecular formula is C12H11BrFNO2. The van der Waals surface area contributed by atoms with E-state index in [1.807, 2.05) is 0 Å². The number of halogens is 2. The van der Waals surface area contributed by atoms with Gasteiger partial charge < -0.3 is 14.9 Å². The summed E-state index contributed by atoms with van der Waals surface area (Å²) in [7, 11) is 0. The lowest BCUT2D eigenvalue weighted by Gasteiger charge is -2.05. The van der Waals surface area contributed by atoms with Gasteiger partial charge in [0.15, 0.2) is 11.6 Å². The van der Waals surface area contributed by atoms with Crippen molar-refractivity contribution in [2.75, 3.05) is 0 Å². The summed E-state index contributed by atoms with van der Waals surface area (Å²) in [6.45, 7) is 0.519. The molecule has 0 aliphatic heterocycles. The van der Waals surface area contributed by atoms with Gasteiger partial charge in [-0.25, -0.2) is 4.39 Å². The zero-order chi connectivity index (χ0) is 12.3. The summed E-state index contributed by atoms with van der Waals surface area (Å²) in [5, 5.41) is 0. The van der Waals surface area contributed by atoms with Crippen molar-refractivity contribution < 1.29 is 13.5 Å². The molecule has 0 spiro atoms. The summed E-state index contributed by atoms with van der Waals surface area (Å²) < 4.78 is 24.7. The fourth-order valence-electron chi connectivity index (χ4n) is 1.35. The average Bonchev–Trinajstić information content (AvgIpc) is 2.76. The van der Waals surface area contributed by atoms with Gasteiger partial charge in [0.25, 0.3) is 0 Å². The lowest BCUT2D eigenvalue weighted by molar-refractivity contribution is 0.255. The molecule has 0 aliphatic carbocycles. The van der Waals surface area contributed by atoms with E-state index in [4.69, 9.17) is 14.9 Å². The molecular weight excluding hydrogens is 289 g/mol. The predicted octanol–water partition coefficient (Wildman–Crippen LogP) is 3.22. The van der Waals surface area contributed by atoms with Gasteiger partial charge in [-0.15, -0.1) is 0 Å². The van der Waals surface area contributed by atoms with E-state index >= 15 is 0 Å². The van der Waals surface area contributed by atoms with Gasteiger partial charge in [-0.05, 0) is 30.3 Å². The molecule has 2 rings (SSSR count). The topological polar surface area (TPSA) is 48.4 Å². The van der Waals surface area contributed by atoms with Crippen molar-refractivity contribution in [2.24, 2.45) is 5.73 Å². The van der Waals surface area contributed by atoms with Crippen molar-refractivity contribution >= 4 is 15.9 Å². The fourth-order valence-corrected chi connectivity index (χ4v) is 1.68. The number of benzene rings is 1. The summed E-state index contributed by atoms with van der Waals surface area (Å²) >= 11 is 3.18. The van der Waals surface area contributed by atoms with Crippen LogP contribution in [0.2, 0.25) is 0 Å². The highest BCUT2D eigenvalue weighted by Crippen LogP contribution is 2.22. The van der Waals surface area contributed by atoms with E-state index in [1.54, 1.807) is 24.3 Å². The van der Waals surface area contributed by atoms with Crippen molar-refractivity contribution in [2.45, 2.75) is 13.2 Å². The maximum atomic E-state index is 13.4. The lowest BCUT2D eigenvalue weighted by Crippen LogP contribution is -1.96. The van der Waals surface area contributed by atoms with Crippen LogP contribution in [0.5, 0.6) is 5.75 Å². The molecule has 3 nitrogen and oxygen atoms in total. The number of nitrogens with two attached hydrogens (primary N) is 1. The maximum Gasteiger partial charge on any atom is 0.166 e.